The fourth-order valence-corrected chi connectivity index (χ4v) is 3.96. The lowest BCUT2D eigenvalue weighted by Gasteiger charge is -2.55. The Morgan fingerprint density at radius 3 is 2.17 bits per heavy atom. The van der Waals surface area contributed by atoms with Crippen molar-refractivity contribution in [1.29, 1.82) is 0 Å². The fourth-order valence-electron chi connectivity index (χ4n) is 3.96. The highest BCUT2D eigenvalue weighted by atomic mass is 19.1. The van der Waals surface area contributed by atoms with Crippen molar-refractivity contribution in [3.05, 3.63) is 0 Å². The van der Waals surface area contributed by atoms with E-state index in [1.807, 2.05) is 0 Å². The van der Waals surface area contributed by atoms with Gasteiger partial charge in [0.15, 0.2) is 0 Å². The molecule has 2 N–H and O–H groups in total. The molecule has 0 aromatic carbocycles. The molecule has 0 aliphatic heterocycles. The van der Waals surface area contributed by atoms with E-state index in [1.54, 1.807) is 0 Å². The predicted molar refractivity (Wildman–Crippen MR) is 45.4 cm³/mol. The number of hydrogen-bond acceptors (Lipinski definition) is 1. The fraction of sp³-hybridized carbons (Fsp3) is 1.00. The SMILES string of the molecule is NC1[C@@H]2CC3C[C@H]1CC(F)(C3)C2. The van der Waals surface area contributed by atoms with Gasteiger partial charge in [0.05, 0.1) is 0 Å². The lowest BCUT2D eigenvalue weighted by Crippen LogP contribution is -2.57. The molecule has 3 unspecified atom stereocenters. The maximum atomic E-state index is 14.0. The van der Waals surface area contributed by atoms with Gasteiger partial charge in [0.1, 0.15) is 5.67 Å². The first-order valence-corrected chi connectivity index (χ1v) is 5.11. The summed E-state index contributed by atoms with van der Waals surface area (Å²) in [7, 11) is 0. The Balaban J connectivity index is 1.95. The molecule has 4 aliphatic rings. The quantitative estimate of drug-likeness (QED) is 0.588. The van der Waals surface area contributed by atoms with Crippen molar-refractivity contribution < 1.29 is 4.39 Å². The molecule has 4 rings (SSSR count). The summed E-state index contributed by atoms with van der Waals surface area (Å²) in [4.78, 5) is 0. The van der Waals surface area contributed by atoms with E-state index in [9.17, 15) is 4.39 Å². The standard InChI is InChI=1S/C10H16FN/c11-10-3-6-1-7(4-10)9(12)8(2-6)5-10/h6-9H,1-5,12H2/t6?,7-,8+,9?,10?. The van der Waals surface area contributed by atoms with Crippen molar-refractivity contribution in [2.45, 2.75) is 43.8 Å². The van der Waals surface area contributed by atoms with Crippen molar-refractivity contribution in [2.24, 2.45) is 23.5 Å². The maximum Gasteiger partial charge on any atom is 0.112 e. The van der Waals surface area contributed by atoms with Gasteiger partial charge in [-0.25, -0.2) is 4.39 Å². The van der Waals surface area contributed by atoms with Crippen LogP contribution in [-0.2, 0) is 0 Å². The zero-order chi connectivity index (χ0) is 8.34. The summed E-state index contributed by atoms with van der Waals surface area (Å²) >= 11 is 0. The van der Waals surface area contributed by atoms with E-state index in [0.29, 0.717) is 23.8 Å². The van der Waals surface area contributed by atoms with Crippen LogP contribution < -0.4 is 5.73 Å². The summed E-state index contributed by atoms with van der Waals surface area (Å²) in [6.07, 6.45) is 4.79. The second-order valence-corrected chi connectivity index (χ2v) is 5.20. The van der Waals surface area contributed by atoms with Gasteiger partial charge in [-0.05, 0) is 49.9 Å². The lowest BCUT2D eigenvalue weighted by molar-refractivity contribution is -0.0845. The van der Waals surface area contributed by atoms with E-state index in [1.165, 1.54) is 12.8 Å². The van der Waals surface area contributed by atoms with Gasteiger partial charge in [-0.1, -0.05) is 0 Å². The minimum absolute atomic E-state index is 0.324. The molecule has 12 heavy (non-hydrogen) atoms. The predicted octanol–water partition coefficient (Wildman–Crippen LogP) is 1.86. The van der Waals surface area contributed by atoms with E-state index in [2.05, 4.69) is 0 Å². The first-order chi connectivity index (χ1) is 5.66. The van der Waals surface area contributed by atoms with Gasteiger partial charge < -0.3 is 5.73 Å². The third-order valence-corrected chi connectivity index (χ3v) is 4.27. The molecular weight excluding hydrogens is 153 g/mol. The number of hydrogen-bond donors (Lipinski definition) is 1. The topological polar surface area (TPSA) is 26.0 Å². The summed E-state index contributed by atoms with van der Waals surface area (Å²) in [6, 6.07) is 0.324. The van der Waals surface area contributed by atoms with Gasteiger partial charge in [0, 0.05) is 6.04 Å². The monoisotopic (exact) mass is 169 g/mol. The summed E-state index contributed by atoms with van der Waals surface area (Å²) in [5, 5.41) is 0. The lowest BCUT2D eigenvalue weighted by atomic mass is 9.53. The third-order valence-electron chi connectivity index (χ3n) is 4.27. The van der Waals surface area contributed by atoms with Crippen LogP contribution in [0.2, 0.25) is 0 Å². The molecule has 4 aliphatic carbocycles. The van der Waals surface area contributed by atoms with Crippen molar-refractivity contribution in [2.75, 3.05) is 0 Å². The molecule has 0 amide bonds. The van der Waals surface area contributed by atoms with Gasteiger partial charge in [-0.15, -0.1) is 0 Å². The van der Waals surface area contributed by atoms with Crippen LogP contribution in [0.25, 0.3) is 0 Å². The average Bonchev–Trinajstić information content (AvgIpc) is 1.96. The molecule has 4 bridgehead atoms. The molecule has 4 fully saturated rings. The van der Waals surface area contributed by atoms with Crippen LogP contribution in [0.4, 0.5) is 4.39 Å². The first kappa shape index (κ1) is 7.31. The van der Waals surface area contributed by atoms with Gasteiger partial charge in [0.2, 0.25) is 0 Å². The van der Waals surface area contributed by atoms with Crippen molar-refractivity contribution in [3.8, 4) is 0 Å². The third kappa shape index (κ3) is 0.819. The van der Waals surface area contributed by atoms with Gasteiger partial charge in [-0.3, -0.25) is 0 Å². The Hall–Kier alpha value is -0.110. The van der Waals surface area contributed by atoms with Gasteiger partial charge in [-0.2, -0.15) is 0 Å². The van der Waals surface area contributed by atoms with Crippen LogP contribution >= 0.6 is 0 Å². The number of nitrogens with two attached hydrogens (primary N) is 1. The highest BCUT2D eigenvalue weighted by Crippen LogP contribution is 2.56. The van der Waals surface area contributed by atoms with Crippen LogP contribution in [0, 0.1) is 17.8 Å². The Morgan fingerprint density at radius 1 is 1.08 bits per heavy atom. The Bertz CT molecular complexity index is 200. The van der Waals surface area contributed by atoms with Crippen molar-refractivity contribution in [3.63, 3.8) is 0 Å². The van der Waals surface area contributed by atoms with E-state index in [4.69, 9.17) is 5.73 Å². The number of halogens is 1. The van der Waals surface area contributed by atoms with E-state index in [-0.39, 0.29) is 0 Å². The van der Waals surface area contributed by atoms with Crippen LogP contribution in [-0.4, -0.2) is 11.7 Å². The molecule has 0 radical (unpaired) electrons. The van der Waals surface area contributed by atoms with Crippen LogP contribution in [0.1, 0.15) is 32.1 Å². The Labute approximate surface area is 72.5 Å². The summed E-state index contributed by atoms with van der Waals surface area (Å²) in [6.45, 7) is 0. The molecular formula is C10H16FN. The minimum atomic E-state index is -0.799. The minimum Gasteiger partial charge on any atom is -0.327 e. The highest BCUT2D eigenvalue weighted by Gasteiger charge is 2.54. The molecule has 0 aromatic rings. The maximum absolute atomic E-state index is 14.0. The zero-order valence-corrected chi connectivity index (χ0v) is 7.30. The van der Waals surface area contributed by atoms with Crippen LogP contribution in [0.5, 0.6) is 0 Å². The largest absolute Gasteiger partial charge is 0.327 e. The molecule has 0 aromatic heterocycles. The molecule has 68 valence electrons. The Morgan fingerprint density at radius 2 is 1.67 bits per heavy atom. The molecule has 1 nitrogen and oxygen atoms in total. The normalized spacial score (nSPS) is 62.5. The molecule has 5 atom stereocenters. The van der Waals surface area contributed by atoms with Crippen molar-refractivity contribution in [1.82, 2.24) is 0 Å². The number of alkyl halides is 1. The van der Waals surface area contributed by atoms with Crippen LogP contribution in [0.3, 0.4) is 0 Å². The summed E-state index contributed by atoms with van der Waals surface area (Å²) in [5.74, 6) is 1.70. The molecule has 0 saturated heterocycles. The molecule has 0 spiro atoms. The van der Waals surface area contributed by atoms with E-state index >= 15 is 0 Å². The summed E-state index contributed by atoms with van der Waals surface area (Å²) < 4.78 is 14.0. The van der Waals surface area contributed by atoms with E-state index in [0.717, 1.165) is 19.3 Å². The first-order valence-electron chi connectivity index (χ1n) is 5.11. The zero-order valence-electron chi connectivity index (χ0n) is 7.30. The molecule has 2 heteroatoms. The van der Waals surface area contributed by atoms with Gasteiger partial charge in [0.25, 0.3) is 0 Å². The highest BCUT2D eigenvalue weighted by molar-refractivity contribution is 5.07. The second kappa shape index (κ2) is 2.03. The molecule has 4 saturated carbocycles. The van der Waals surface area contributed by atoms with Gasteiger partial charge >= 0.3 is 0 Å². The molecule has 0 heterocycles. The summed E-state index contributed by atoms with van der Waals surface area (Å²) in [5.41, 5.74) is 5.26. The second-order valence-electron chi connectivity index (χ2n) is 5.20. The smallest absolute Gasteiger partial charge is 0.112 e. The van der Waals surface area contributed by atoms with Crippen LogP contribution in [0.15, 0.2) is 0 Å². The average molecular weight is 169 g/mol. The van der Waals surface area contributed by atoms with Crippen molar-refractivity contribution >= 4 is 0 Å². The van der Waals surface area contributed by atoms with E-state index < -0.39 is 5.67 Å². The number of rotatable bonds is 0. The Kier molecular flexibility index (Phi) is 1.24.